The van der Waals surface area contributed by atoms with Crippen LogP contribution in [0.25, 0.3) is 11.0 Å². The average Bonchev–Trinajstić information content (AvgIpc) is 3.05. The minimum atomic E-state index is -0.215. The van der Waals surface area contributed by atoms with Gasteiger partial charge in [-0.2, -0.15) is 5.10 Å². The number of rotatable bonds is 5. The van der Waals surface area contributed by atoms with E-state index in [0.717, 1.165) is 46.6 Å². The molecule has 0 aliphatic carbocycles. The first-order valence-electron chi connectivity index (χ1n) is 8.76. The molecule has 0 saturated heterocycles. The highest BCUT2D eigenvalue weighted by Crippen LogP contribution is 2.29. The van der Waals surface area contributed by atoms with Gasteiger partial charge in [0, 0.05) is 23.2 Å². The number of aromatic nitrogens is 2. The molecule has 0 bridgehead atoms. The van der Waals surface area contributed by atoms with Gasteiger partial charge in [-0.15, -0.1) is 0 Å². The zero-order valence-corrected chi connectivity index (χ0v) is 15.5. The van der Waals surface area contributed by atoms with Gasteiger partial charge in [0.05, 0.1) is 17.3 Å². The molecule has 1 N–H and O–H groups in total. The highest BCUT2D eigenvalue weighted by molar-refractivity contribution is 5.96. The lowest BCUT2D eigenvalue weighted by molar-refractivity contribution is 0.0934. The zero-order valence-electron chi connectivity index (χ0n) is 15.5. The Balaban J connectivity index is 1.86. The number of para-hydroxylation sites is 1. The predicted octanol–water partition coefficient (Wildman–Crippen LogP) is 4.46. The SMILES string of the molecule is CCCn1nc(C)c(C(=O)N[C@H](C)c2oc3ccccc3c2C)c1C. The minimum Gasteiger partial charge on any atom is -0.459 e. The van der Waals surface area contributed by atoms with Gasteiger partial charge >= 0.3 is 0 Å². The molecule has 25 heavy (non-hydrogen) atoms. The lowest BCUT2D eigenvalue weighted by atomic mass is 10.1. The van der Waals surface area contributed by atoms with Crippen molar-refractivity contribution in [2.24, 2.45) is 0 Å². The Labute approximate surface area is 148 Å². The molecule has 132 valence electrons. The molecule has 0 unspecified atom stereocenters. The normalized spacial score (nSPS) is 12.5. The molecule has 0 aliphatic rings. The van der Waals surface area contributed by atoms with Crippen LogP contribution in [-0.2, 0) is 6.54 Å². The summed E-state index contributed by atoms with van der Waals surface area (Å²) in [5.74, 6) is 0.690. The van der Waals surface area contributed by atoms with Crippen molar-refractivity contribution in [2.75, 3.05) is 0 Å². The van der Waals surface area contributed by atoms with Crippen molar-refractivity contribution in [2.45, 2.75) is 53.6 Å². The van der Waals surface area contributed by atoms with E-state index < -0.39 is 0 Å². The number of amides is 1. The van der Waals surface area contributed by atoms with Crippen molar-refractivity contribution < 1.29 is 9.21 Å². The minimum absolute atomic E-state index is 0.107. The fourth-order valence-corrected chi connectivity index (χ4v) is 3.40. The zero-order chi connectivity index (χ0) is 18.1. The first-order valence-corrected chi connectivity index (χ1v) is 8.76. The van der Waals surface area contributed by atoms with Crippen LogP contribution >= 0.6 is 0 Å². The fourth-order valence-electron chi connectivity index (χ4n) is 3.40. The average molecular weight is 339 g/mol. The second-order valence-electron chi connectivity index (χ2n) is 6.55. The van der Waals surface area contributed by atoms with Crippen LogP contribution in [0.15, 0.2) is 28.7 Å². The number of carbonyl (C=O) groups is 1. The van der Waals surface area contributed by atoms with E-state index >= 15 is 0 Å². The van der Waals surface area contributed by atoms with E-state index in [1.165, 1.54) is 0 Å². The van der Waals surface area contributed by atoms with Crippen LogP contribution in [0.4, 0.5) is 0 Å². The van der Waals surface area contributed by atoms with Crippen LogP contribution < -0.4 is 5.32 Å². The summed E-state index contributed by atoms with van der Waals surface area (Å²) in [7, 11) is 0. The molecule has 2 aromatic heterocycles. The number of carbonyl (C=O) groups excluding carboxylic acids is 1. The van der Waals surface area contributed by atoms with Gasteiger partial charge in [-0.25, -0.2) is 0 Å². The molecule has 0 radical (unpaired) electrons. The number of hydrogen-bond acceptors (Lipinski definition) is 3. The number of hydrogen-bond donors (Lipinski definition) is 1. The molecule has 2 heterocycles. The van der Waals surface area contributed by atoms with Crippen molar-refractivity contribution in [3.63, 3.8) is 0 Å². The van der Waals surface area contributed by atoms with Gasteiger partial charge in [0.15, 0.2) is 0 Å². The van der Waals surface area contributed by atoms with Gasteiger partial charge in [-0.1, -0.05) is 25.1 Å². The Bertz CT molecular complexity index is 921. The molecule has 0 fully saturated rings. The van der Waals surface area contributed by atoms with Crippen molar-refractivity contribution in [3.8, 4) is 0 Å². The van der Waals surface area contributed by atoms with Gasteiger partial charge in [0.2, 0.25) is 0 Å². The van der Waals surface area contributed by atoms with E-state index in [-0.39, 0.29) is 11.9 Å². The predicted molar refractivity (Wildman–Crippen MR) is 98.8 cm³/mol. The van der Waals surface area contributed by atoms with Crippen molar-refractivity contribution in [1.29, 1.82) is 0 Å². The summed E-state index contributed by atoms with van der Waals surface area (Å²) < 4.78 is 7.87. The van der Waals surface area contributed by atoms with Gasteiger partial charge in [-0.05, 0) is 40.2 Å². The Hall–Kier alpha value is -2.56. The topological polar surface area (TPSA) is 60.1 Å². The highest BCUT2D eigenvalue weighted by atomic mass is 16.3. The number of aryl methyl sites for hydroxylation is 3. The van der Waals surface area contributed by atoms with Crippen LogP contribution in [-0.4, -0.2) is 15.7 Å². The van der Waals surface area contributed by atoms with Crippen LogP contribution in [0.3, 0.4) is 0 Å². The maximum absolute atomic E-state index is 12.8. The number of nitrogens with one attached hydrogen (secondary N) is 1. The summed E-state index contributed by atoms with van der Waals surface area (Å²) in [4.78, 5) is 12.8. The summed E-state index contributed by atoms with van der Waals surface area (Å²) in [6.45, 7) is 10.7. The Kier molecular flexibility index (Phi) is 4.66. The number of benzene rings is 1. The lowest BCUT2D eigenvalue weighted by Gasteiger charge is -2.13. The molecule has 5 heteroatoms. The second kappa shape index (κ2) is 6.75. The lowest BCUT2D eigenvalue weighted by Crippen LogP contribution is -2.27. The Morgan fingerprint density at radius 2 is 2.00 bits per heavy atom. The number of furan rings is 1. The van der Waals surface area contributed by atoms with Crippen LogP contribution in [0.2, 0.25) is 0 Å². The molecule has 5 nitrogen and oxygen atoms in total. The van der Waals surface area contributed by atoms with Gasteiger partial charge < -0.3 is 9.73 Å². The molecule has 1 amide bonds. The van der Waals surface area contributed by atoms with Crippen molar-refractivity contribution in [3.05, 3.63) is 52.5 Å². The largest absolute Gasteiger partial charge is 0.459 e. The van der Waals surface area contributed by atoms with E-state index in [0.29, 0.717) is 5.56 Å². The fraction of sp³-hybridized carbons (Fsp3) is 0.400. The van der Waals surface area contributed by atoms with Crippen LogP contribution in [0.1, 0.15) is 59.4 Å². The second-order valence-corrected chi connectivity index (χ2v) is 6.55. The standard InChI is InChI=1S/C20H25N3O2/c1-6-11-23-15(5)18(13(3)22-23)20(24)21-14(4)19-12(2)16-9-7-8-10-17(16)25-19/h7-10,14H,6,11H2,1-5H3,(H,21,24)/t14-/m1/s1. The molecular formula is C20H25N3O2. The third-order valence-corrected chi connectivity index (χ3v) is 4.67. The molecule has 1 atom stereocenters. The van der Waals surface area contributed by atoms with Crippen LogP contribution in [0, 0.1) is 20.8 Å². The molecule has 0 saturated carbocycles. The van der Waals surface area contributed by atoms with E-state index in [1.54, 1.807) is 0 Å². The molecule has 3 rings (SSSR count). The summed E-state index contributed by atoms with van der Waals surface area (Å²) in [6.07, 6.45) is 0.984. The summed E-state index contributed by atoms with van der Waals surface area (Å²) in [6, 6.07) is 7.71. The monoisotopic (exact) mass is 339 g/mol. The maximum Gasteiger partial charge on any atom is 0.255 e. The number of fused-ring (bicyclic) bond motifs is 1. The third-order valence-electron chi connectivity index (χ3n) is 4.67. The maximum atomic E-state index is 12.8. The molecule has 3 aromatic rings. The van der Waals surface area contributed by atoms with E-state index in [1.807, 2.05) is 56.6 Å². The van der Waals surface area contributed by atoms with Crippen molar-refractivity contribution in [1.82, 2.24) is 15.1 Å². The molecule has 0 spiro atoms. The quantitative estimate of drug-likeness (QED) is 0.747. The van der Waals surface area contributed by atoms with Gasteiger partial charge in [-0.3, -0.25) is 9.48 Å². The van der Waals surface area contributed by atoms with E-state index in [9.17, 15) is 4.79 Å². The highest BCUT2D eigenvalue weighted by Gasteiger charge is 2.23. The first kappa shape index (κ1) is 17.3. The third kappa shape index (κ3) is 3.06. The molecular weight excluding hydrogens is 314 g/mol. The van der Waals surface area contributed by atoms with Gasteiger partial charge in [0.1, 0.15) is 11.3 Å². The van der Waals surface area contributed by atoms with Crippen LogP contribution in [0.5, 0.6) is 0 Å². The summed E-state index contributed by atoms with van der Waals surface area (Å²) in [5.41, 5.74) is 4.24. The summed E-state index contributed by atoms with van der Waals surface area (Å²) >= 11 is 0. The number of nitrogens with zero attached hydrogens (tertiary/aromatic N) is 2. The molecule has 0 aliphatic heterocycles. The van der Waals surface area contributed by atoms with Crippen molar-refractivity contribution >= 4 is 16.9 Å². The Morgan fingerprint density at radius 1 is 1.28 bits per heavy atom. The summed E-state index contributed by atoms with van der Waals surface area (Å²) in [5, 5.41) is 8.64. The smallest absolute Gasteiger partial charge is 0.255 e. The van der Waals surface area contributed by atoms with Gasteiger partial charge in [0.25, 0.3) is 5.91 Å². The van der Waals surface area contributed by atoms with E-state index in [4.69, 9.17) is 4.42 Å². The molecule has 1 aromatic carbocycles. The van der Waals surface area contributed by atoms with E-state index in [2.05, 4.69) is 17.3 Å². The Morgan fingerprint density at radius 3 is 2.68 bits per heavy atom. The first-order chi connectivity index (χ1) is 11.9.